The minimum absolute atomic E-state index is 0.0782. The SMILES string of the molecule is CC\C=C/C=C\C=C/CCCCCCCCCC(=O)OC(COC(=O)CCCCCCCCCCCCC)COC(=O)CCCCCCCCCCCC/C=C\C=C/CCCCC. The van der Waals surface area contributed by atoms with E-state index in [0.717, 1.165) is 70.6 Å². The molecule has 364 valence electrons. The molecule has 1 unspecified atom stereocenters. The maximum absolute atomic E-state index is 12.8. The number of hydrogen-bond donors (Lipinski definition) is 0. The summed E-state index contributed by atoms with van der Waals surface area (Å²) in [4.78, 5) is 38.0. The zero-order chi connectivity index (χ0) is 45.8. The highest BCUT2D eigenvalue weighted by Gasteiger charge is 2.19. The molecule has 0 bridgehead atoms. The first-order valence-electron chi connectivity index (χ1n) is 26.8. The number of carbonyl (C=O) groups excluding carboxylic acids is 3. The van der Waals surface area contributed by atoms with Gasteiger partial charge in [0.25, 0.3) is 0 Å². The van der Waals surface area contributed by atoms with Crippen molar-refractivity contribution in [2.75, 3.05) is 13.2 Å². The van der Waals surface area contributed by atoms with Crippen LogP contribution in [0.5, 0.6) is 0 Å². The first-order valence-corrected chi connectivity index (χ1v) is 26.8. The van der Waals surface area contributed by atoms with Crippen LogP contribution in [0.1, 0.15) is 265 Å². The predicted molar refractivity (Wildman–Crippen MR) is 270 cm³/mol. The molecule has 0 aliphatic heterocycles. The Hall–Kier alpha value is -2.89. The Bertz CT molecular complexity index is 1150. The molecule has 0 aliphatic rings. The Morgan fingerprint density at radius 3 is 1.00 bits per heavy atom. The van der Waals surface area contributed by atoms with E-state index in [2.05, 4.69) is 81.5 Å². The Kier molecular flexibility index (Phi) is 49.4. The van der Waals surface area contributed by atoms with Crippen LogP contribution in [0.2, 0.25) is 0 Å². The van der Waals surface area contributed by atoms with Gasteiger partial charge in [-0.1, -0.05) is 242 Å². The Morgan fingerprint density at radius 1 is 0.333 bits per heavy atom. The van der Waals surface area contributed by atoms with Gasteiger partial charge in [0.05, 0.1) is 0 Å². The van der Waals surface area contributed by atoms with Crippen LogP contribution >= 0.6 is 0 Å². The maximum Gasteiger partial charge on any atom is 0.306 e. The highest BCUT2D eigenvalue weighted by Crippen LogP contribution is 2.15. The Balaban J connectivity index is 4.34. The van der Waals surface area contributed by atoms with Crippen molar-refractivity contribution in [2.24, 2.45) is 0 Å². The van der Waals surface area contributed by atoms with E-state index >= 15 is 0 Å². The Morgan fingerprint density at radius 2 is 0.619 bits per heavy atom. The van der Waals surface area contributed by atoms with Crippen LogP contribution in [-0.4, -0.2) is 37.2 Å². The zero-order valence-corrected chi connectivity index (χ0v) is 41.6. The number of hydrogen-bond acceptors (Lipinski definition) is 6. The molecule has 6 nitrogen and oxygen atoms in total. The standard InChI is InChI=1S/C57H100O6/c1-4-7-10-13-16-19-22-24-26-27-28-29-31-32-35-38-41-44-47-50-56(59)62-53-54(52-61-55(58)49-46-43-40-37-34-21-18-15-12-9-6-3)63-57(60)51-48-45-42-39-36-33-30-25-23-20-17-14-11-8-5-2/h8,11,14,16-17,19-20,22-24,54H,4-7,9-10,12-13,15,18,21,25-53H2,1-3H3/b11-8-,17-14-,19-16-,23-20-,24-22-. The van der Waals surface area contributed by atoms with E-state index in [4.69, 9.17) is 14.2 Å². The van der Waals surface area contributed by atoms with Gasteiger partial charge in [-0.15, -0.1) is 0 Å². The van der Waals surface area contributed by atoms with Crippen LogP contribution in [0.4, 0.5) is 0 Å². The molecule has 0 aromatic heterocycles. The lowest BCUT2D eigenvalue weighted by Gasteiger charge is -2.18. The van der Waals surface area contributed by atoms with Crippen molar-refractivity contribution in [3.05, 3.63) is 60.8 Å². The third-order valence-electron chi connectivity index (χ3n) is 11.6. The van der Waals surface area contributed by atoms with E-state index < -0.39 is 6.10 Å². The molecule has 0 spiro atoms. The first-order chi connectivity index (χ1) is 31.0. The van der Waals surface area contributed by atoms with Crippen LogP contribution in [0.15, 0.2) is 60.8 Å². The van der Waals surface area contributed by atoms with Gasteiger partial charge in [-0.25, -0.2) is 0 Å². The molecule has 0 aliphatic carbocycles. The van der Waals surface area contributed by atoms with Gasteiger partial charge >= 0.3 is 17.9 Å². The molecule has 0 N–H and O–H groups in total. The van der Waals surface area contributed by atoms with Crippen LogP contribution in [0.3, 0.4) is 0 Å². The van der Waals surface area contributed by atoms with E-state index in [1.54, 1.807) is 0 Å². The summed E-state index contributed by atoms with van der Waals surface area (Å²) >= 11 is 0. The quantitative estimate of drug-likeness (QED) is 0.0262. The van der Waals surface area contributed by atoms with E-state index in [1.165, 1.54) is 154 Å². The van der Waals surface area contributed by atoms with Crippen molar-refractivity contribution in [3.8, 4) is 0 Å². The molecule has 0 saturated carbocycles. The van der Waals surface area contributed by atoms with Crippen molar-refractivity contribution < 1.29 is 28.6 Å². The summed E-state index contributed by atoms with van der Waals surface area (Å²) in [6.45, 7) is 6.48. The number of allylic oxidation sites excluding steroid dienone is 10. The van der Waals surface area contributed by atoms with Gasteiger partial charge in [-0.3, -0.25) is 14.4 Å². The second kappa shape index (κ2) is 51.7. The predicted octanol–water partition coefficient (Wildman–Crippen LogP) is 17.6. The largest absolute Gasteiger partial charge is 0.462 e. The number of unbranched alkanes of at least 4 members (excludes halogenated alkanes) is 30. The van der Waals surface area contributed by atoms with Crippen LogP contribution < -0.4 is 0 Å². The second-order valence-corrected chi connectivity index (χ2v) is 17.9. The summed E-state index contributed by atoms with van der Waals surface area (Å²) in [6, 6.07) is 0. The molecule has 0 aromatic rings. The van der Waals surface area contributed by atoms with E-state index in [0.29, 0.717) is 19.3 Å². The highest BCUT2D eigenvalue weighted by atomic mass is 16.6. The zero-order valence-electron chi connectivity index (χ0n) is 41.6. The van der Waals surface area contributed by atoms with E-state index in [1.807, 2.05) is 0 Å². The minimum Gasteiger partial charge on any atom is -0.462 e. The third kappa shape index (κ3) is 50.0. The summed E-state index contributed by atoms with van der Waals surface area (Å²) in [5, 5.41) is 0. The van der Waals surface area contributed by atoms with Crippen molar-refractivity contribution in [3.63, 3.8) is 0 Å². The van der Waals surface area contributed by atoms with Gasteiger partial charge in [-0.05, 0) is 64.2 Å². The molecule has 0 saturated heterocycles. The topological polar surface area (TPSA) is 78.9 Å². The van der Waals surface area contributed by atoms with Gasteiger partial charge in [-0.2, -0.15) is 0 Å². The number of esters is 3. The molecule has 0 amide bonds. The summed E-state index contributed by atoms with van der Waals surface area (Å²) in [6.07, 6.45) is 63.4. The van der Waals surface area contributed by atoms with E-state index in [9.17, 15) is 14.4 Å². The minimum atomic E-state index is -0.779. The lowest BCUT2D eigenvalue weighted by molar-refractivity contribution is -0.167. The smallest absolute Gasteiger partial charge is 0.306 e. The monoisotopic (exact) mass is 881 g/mol. The fourth-order valence-corrected chi connectivity index (χ4v) is 7.55. The first kappa shape index (κ1) is 60.1. The van der Waals surface area contributed by atoms with Gasteiger partial charge in [0, 0.05) is 19.3 Å². The fourth-order valence-electron chi connectivity index (χ4n) is 7.55. The molecule has 1 atom stereocenters. The second-order valence-electron chi connectivity index (χ2n) is 17.9. The van der Waals surface area contributed by atoms with Gasteiger partial charge in [0.2, 0.25) is 0 Å². The normalized spacial score (nSPS) is 12.5. The molecule has 0 rings (SSSR count). The maximum atomic E-state index is 12.8. The van der Waals surface area contributed by atoms with Gasteiger partial charge in [0.1, 0.15) is 13.2 Å². The summed E-state index contributed by atoms with van der Waals surface area (Å²) in [5.41, 5.74) is 0. The van der Waals surface area contributed by atoms with Crippen molar-refractivity contribution >= 4 is 17.9 Å². The summed E-state index contributed by atoms with van der Waals surface area (Å²) < 4.78 is 16.8. The Labute approximate surface area is 390 Å². The number of carbonyl (C=O) groups is 3. The molecule has 63 heavy (non-hydrogen) atoms. The van der Waals surface area contributed by atoms with Gasteiger partial charge in [0.15, 0.2) is 6.10 Å². The van der Waals surface area contributed by atoms with E-state index in [-0.39, 0.29) is 31.1 Å². The average molecular weight is 881 g/mol. The molecule has 0 fully saturated rings. The lowest BCUT2D eigenvalue weighted by Crippen LogP contribution is -2.30. The lowest BCUT2D eigenvalue weighted by atomic mass is 10.1. The van der Waals surface area contributed by atoms with Crippen LogP contribution in [0, 0.1) is 0 Å². The molecule has 0 aromatic carbocycles. The average Bonchev–Trinajstić information content (AvgIpc) is 3.28. The number of rotatable bonds is 48. The molecular formula is C57H100O6. The third-order valence-corrected chi connectivity index (χ3v) is 11.6. The van der Waals surface area contributed by atoms with Crippen molar-refractivity contribution in [1.29, 1.82) is 0 Å². The summed E-state index contributed by atoms with van der Waals surface area (Å²) in [5.74, 6) is -0.888. The number of ether oxygens (including phenoxy) is 3. The fraction of sp³-hybridized carbons (Fsp3) is 0.772. The molecule has 0 radical (unpaired) electrons. The van der Waals surface area contributed by atoms with Crippen LogP contribution in [-0.2, 0) is 28.6 Å². The summed E-state index contributed by atoms with van der Waals surface area (Å²) in [7, 11) is 0. The van der Waals surface area contributed by atoms with Crippen molar-refractivity contribution in [2.45, 2.75) is 271 Å². The van der Waals surface area contributed by atoms with Crippen molar-refractivity contribution in [1.82, 2.24) is 0 Å². The molecular weight excluding hydrogens is 781 g/mol. The molecule has 0 heterocycles. The highest BCUT2D eigenvalue weighted by molar-refractivity contribution is 5.71. The van der Waals surface area contributed by atoms with Crippen LogP contribution in [0.25, 0.3) is 0 Å². The molecule has 6 heteroatoms. The van der Waals surface area contributed by atoms with Gasteiger partial charge < -0.3 is 14.2 Å².